The molecule has 2 rings (SSSR count). The molecule has 1 aromatic carbocycles. The number of aromatic nitrogens is 1. The van der Waals surface area contributed by atoms with E-state index in [9.17, 15) is 4.79 Å². The molecule has 76 valence electrons. The molecule has 0 aliphatic rings. The van der Waals surface area contributed by atoms with Gasteiger partial charge in [0.2, 0.25) is 0 Å². The minimum Gasteiger partial charge on any atom is -0.303 e. The second-order valence-corrected chi connectivity index (χ2v) is 4.87. The van der Waals surface area contributed by atoms with Gasteiger partial charge in [0, 0.05) is 15.4 Å². The van der Waals surface area contributed by atoms with Gasteiger partial charge in [-0.25, -0.2) is 4.98 Å². The number of halogens is 1. The topological polar surface area (TPSA) is 30.0 Å². The average molecular weight is 282 g/mol. The summed E-state index contributed by atoms with van der Waals surface area (Å²) >= 11 is 4.93. The third-order valence-electron chi connectivity index (χ3n) is 1.93. The summed E-state index contributed by atoms with van der Waals surface area (Å²) < 4.78 is 1.03. The fourth-order valence-electron chi connectivity index (χ4n) is 1.26. The Morgan fingerprint density at radius 1 is 1.47 bits per heavy atom. The summed E-state index contributed by atoms with van der Waals surface area (Å²) in [6.45, 7) is 0. The third-order valence-corrected chi connectivity index (χ3v) is 3.29. The number of hydrogen-bond donors (Lipinski definition) is 0. The first-order valence-electron chi connectivity index (χ1n) is 4.43. The quantitative estimate of drug-likeness (QED) is 0.808. The van der Waals surface area contributed by atoms with Crippen molar-refractivity contribution in [1.29, 1.82) is 0 Å². The van der Waals surface area contributed by atoms with Crippen molar-refractivity contribution in [3.05, 3.63) is 39.1 Å². The van der Waals surface area contributed by atoms with E-state index in [2.05, 4.69) is 20.9 Å². The molecule has 0 fully saturated rings. The van der Waals surface area contributed by atoms with Gasteiger partial charge in [-0.15, -0.1) is 11.3 Å². The largest absolute Gasteiger partial charge is 0.303 e. The van der Waals surface area contributed by atoms with E-state index in [0.29, 0.717) is 6.42 Å². The second-order valence-electron chi connectivity index (χ2n) is 3.01. The number of carbonyl (C=O) groups is 1. The fraction of sp³-hybridized carbons (Fsp3) is 0.0909. The molecule has 0 aliphatic heterocycles. The van der Waals surface area contributed by atoms with E-state index in [0.717, 1.165) is 27.0 Å². The predicted molar refractivity (Wildman–Crippen MR) is 65.0 cm³/mol. The summed E-state index contributed by atoms with van der Waals surface area (Å²) in [6, 6.07) is 7.96. The summed E-state index contributed by atoms with van der Waals surface area (Å²) in [4.78, 5) is 14.7. The van der Waals surface area contributed by atoms with Crippen LogP contribution in [0.5, 0.6) is 0 Å². The minimum atomic E-state index is 0.401. The van der Waals surface area contributed by atoms with Crippen LogP contribution in [0.2, 0.25) is 0 Å². The molecule has 0 amide bonds. The second kappa shape index (κ2) is 4.68. The number of rotatable bonds is 3. The van der Waals surface area contributed by atoms with E-state index in [1.165, 1.54) is 11.3 Å². The Labute approximate surface area is 100 Å². The molecule has 0 radical (unpaired) electrons. The van der Waals surface area contributed by atoms with Gasteiger partial charge < -0.3 is 4.79 Å². The maximum Gasteiger partial charge on any atom is 0.126 e. The maximum atomic E-state index is 10.3. The summed E-state index contributed by atoms with van der Waals surface area (Å²) in [5, 5.41) is 2.83. The number of thiazole rings is 1. The Morgan fingerprint density at radius 3 is 3.07 bits per heavy atom. The SMILES string of the molecule is O=CCc1nc(-c2cccc(Br)c2)cs1. The van der Waals surface area contributed by atoms with Gasteiger partial charge in [-0.3, -0.25) is 0 Å². The number of benzene rings is 1. The monoisotopic (exact) mass is 281 g/mol. The van der Waals surface area contributed by atoms with Gasteiger partial charge >= 0.3 is 0 Å². The third kappa shape index (κ3) is 2.52. The number of nitrogens with zero attached hydrogens (tertiary/aromatic N) is 1. The lowest BCUT2D eigenvalue weighted by atomic mass is 10.2. The van der Waals surface area contributed by atoms with Crippen LogP contribution in [0, 0.1) is 0 Å². The van der Waals surface area contributed by atoms with Crippen molar-refractivity contribution in [3.8, 4) is 11.3 Å². The van der Waals surface area contributed by atoms with E-state index in [1.807, 2.05) is 29.6 Å². The van der Waals surface area contributed by atoms with Crippen LogP contribution in [0.15, 0.2) is 34.1 Å². The van der Waals surface area contributed by atoms with Gasteiger partial charge in [-0.05, 0) is 12.1 Å². The summed E-state index contributed by atoms with van der Waals surface area (Å²) in [7, 11) is 0. The van der Waals surface area contributed by atoms with Crippen molar-refractivity contribution in [2.24, 2.45) is 0 Å². The molecule has 0 spiro atoms. The number of hydrogen-bond acceptors (Lipinski definition) is 3. The van der Waals surface area contributed by atoms with Crippen molar-refractivity contribution >= 4 is 33.6 Å². The van der Waals surface area contributed by atoms with Crippen LogP contribution in [0.25, 0.3) is 11.3 Å². The Bertz CT molecular complexity index is 481. The normalized spacial score (nSPS) is 10.2. The molecule has 0 unspecified atom stereocenters. The van der Waals surface area contributed by atoms with Crippen LogP contribution in [0.1, 0.15) is 5.01 Å². The van der Waals surface area contributed by atoms with E-state index in [1.54, 1.807) is 0 Å². The van der Waals surface area contributed by atoms with Crippen LogP contribution in [-0.2, 0) is 11.2 Å². The molecule has 2 nitrogen and oxygen atoms in total. The molecular weight excluding hydrogens is 274 g/mol. The van der Waals surface area contributed by atoms with Gasteiger partial charge in [0.15, 0.2) is 0 Å². The molecule has 1 heterocycles. The van der Waals surface area contributed by atoms with Crippen LogP contribution in [0.3, 0.4) is 0 Å². The lowest BCUT2D eigenvalue weighted by Crippen LogP contribution is -1.84. The zero-order valence-electron chi connectivity index (χ0n) is 7.81. The zero-order chi connectivity index (χ0) is 10.7. The standard InChI is InChI=1S/C11H8BrNOS/c12-9-3-1-2-8(6-9)10-7-15-11(13-10)4-5-14/h1-3,5-7H,4H2. The first kappa shape index (κ1) is 10.5. The highest BCUT2D eigenvalue weighted by Gasteiger charge is 2.04. The molecule has 1 aromatic heterocycles. The Morgan fingerprint density at radius 2 is 2.33 bits per heavy atom. The van der Waals surface area contributed by atoms with E-state index < -0.39 is 0 Å². The minimum absolute atomic E-state index is 0.401. The average Bonchev–Trinajstić information content (AvgIpc) is 2.67. The molecule has 0 saturated carbocycles. The van der Waals surface area contributed by atoms with Crippen molar-refractivity contribution in [2.75, 3.05) is 0 Å². The highest BCUT2D eigenvalue weighted by atomic mass is 79.9. The van der Waals surface area contributed by atoms with Crippen LogP contribution < -0.4 is 0 Å². The summed E-state index contributed by atoms with van der Waals surface area (Å²) in [6.07, 6.45) is 1.28. The van der Waals surface area contributed by atoms with Crippen molar-refractivity contribution < 1.29 is 4.79 Å². The van der Waals surface area contributed by atoms with Crippen LogP contribution in [-0.4, -0.2) is 11.3 Å². The highest BCUT2D eigenvalue weighted by molar-refractivity contribution is 9.10. The fourth-order valence-corrected chi connectivity index (χ4v) is 2.41. The maximum absolute atomic E-state index is 10.3. The van der Waals surface area contributed by atoms with Gasteiger partial charge in [0.05, 0.1) is 12.1 Å². The number of aldehydes is 1. The van der Waals surface area contributed by atoms with Gasteiger partial charge in [0.25, 0.3) is 0 Å². The lowest BCUT2D eigenvalue weighted by Gasteiger charge is -1.96. The lowest BCUT2D eigenvalue weighted by molar-refractivity contribution is -0.107. The molecule has 0 N–H and O–H groups in total. The molecule has 2 aromatic rings. The van der Waals surface area contributed by atoms with Crippen molar-refractivity contribution in [3.63, 3.8) is 0 Å². The molecular formula is C11H8BrNOS. The highest BCUT2D eigenvalue weighted by Crippen LogP contribution is 2.24. The first-order chi connectivity index (χ1) is 7.29. The summed E-state index contributed by atoms with van der Waals surface area (Å²) in [5.41, 5.74) is 2.00. The summed E-state index contributed by atoms with van der Waals surface area (Å²) in [5.74, 6) is 0. The smallest absolute Gasteiger partial charge is 0.126 e. The van der Waals surface area contributed by atoms with Gasteiger partial charge in [0.1, 0.15) is 11.3 Å². The van der Waals surface area contributed by atoms with Crippen LogP contribution >= 0.6 is 27.3 Å². The predicted octanol–water partition coefficient (Wildman–Crippen LogP) is 3.31. The van der Waals surface area contributed by atoms with Crippen molar-refractivity contribution in [1.82, 2.24) is 4.98 Å². The molecule has 4 heteroatoms. The molecule has 15 heavy (non-hydrogen) atoms. The van der Waals surface area contributed by atoms with E-state index in [4.69, 9.17) is 0 Å². The Balaban J connectivity index is 2.32. The van der Waals surface area contributed by atoms with Crippen molar-refractivity contribution in [2.45, 2.75) is 6.42 Å². The Hall–Kier alpha value is -1.000. The molecule has 0 bridgehead atoms. The van der Waals surface area contributed by atoms with Crippen LogP contribution in [0.4, 0.5) is 0 Å². The first-order valence-corrected chi connectivity index (χ1v) is 6.11. The van der Waals surface area contributed by atoms with Gasteiger partial charge in [-0.1, -0.05) is 28.1 Å². The van der Waals surface area contributed by atoms with Gasteiger partial charge in [-0.2, -0.15) is 0 Å². The molecule has 0 atom stereocenters. The van der Waals surface area contributed by atoms with E-state index in [-0.39, 0.29) is 0 Å². The number of carbonyl (C=O) groups excluding carboxylic acids is 1. The Kier molecular flexibility index (Phi) is 3.28. The molecule has 0 aliphatic carbocycles. The zero-order valence-corrected chi connectivity index (χ0v) is 10.2. The molecule has 0 saturated heterocycles. The van der Waals surface area contributed by atoms with E-state index >= 15 is 0 Å².